The summed E-state index contributed by atoms with van der Waals surface area (Å²) in [7, 11) is 0. The van der Waals surface area contributed by atoms with Crippen molar-refractivity contribution in [2.24, 2.45) is 0 Å². The van der Waals surface area contributed by atoms with E-state index in [4.69, 9.17) is 4.74 Å². The first-order valence-electron chi connectivity index (χ1n) is 8.59. The van der Waals surface area contributed by atoms with E-state index in [1.165, 1.54) is 0 Å². The first-order chi connectivity index (χ1) is 12.7. The molecule has 1 aromatic carbocycles. The molecular weight excluding hydrogens is 330 g/mol. The number of pyridine rings is 1. The molecule has 0 atom stereocenters. The van der Waals surface area contributed by atoms with Gasteiger partial charge in [0, 0.05) is 36.6 Å². The van der Waals surface area contributed by atoms with Crippen molar-refractivity contribution < 1.29 is 9.53 Å². The number of hydrogen-bond donors (Lipinski definition) is 0. The Hall–Kier alpha value is -3.22. The molecule has 0 saturated carbocycles. The van der Waals surface area contributed by atoms with E-state index in [0.29, 0.717) is 25.3 Å². The molecule has 0 aliphatic carbocycles. The lowest BCUT2D eigenvalue weighted by Gasteiger charge is -2.38. The molecule has 1 amide bonds. The zero-order valence-corrected chi connectivity index (χ0v) is 14.4. The second kappa shape index (κ2) is 6.95. The fraction of sp³-hybridized carbons (Fsp3) is 0.263. The van der Waals surface area contributed by atoms with Crippen LogP contribution in [-0.2, 0) is 0 Å². The van der Waals surface area contributed by atoms with Crippen LogP contribution < -0.4 is 4.74 Å². The van der Waals surface area contributed by atoms with Crippen LogP contribution in [0.3, 0.4) is 0 Å². The molecule has 3 heterocycles. The molecule has 1 aliphatic rings. The first kappa shape index (κ1) is 16.3. The summed E-state index contributed by atoms with van der Waals surface area (Å²) >= 11 is 0. The molecule has 7 nitrogen and oxygen atoms in total. The summed E-state index contributed by atoms with van der Waals surface area (Å²) in [6.07, 6.45) is 5.19. The summed E-state index contributed by atoms with van der Waals surface area (Å²) in [5.41, 5.74) is 2.46. The standard InChI is InChI=1S/C19H19N5O2/c1-2-26-17-5-3-14(4-6-17)18-13-24(22-21-18)16-11-23(12-16)19(25)15-7-9-20-10-8-15/h3-10,13,16H,2,11-12H2,1H3. The largest absolute Gasteiger partial charge is 0.494 e. The van der Waals surface area contributed by atoms with Gasteiger partial charge in [0.1, 0.15) is 11.4 Å². The lowest BCUT2D eigenvalue weighted by atomic mass is 10.1. The summed E-state index contributed by atoms with van der Waals surface area (Å²) in [4.78, 5) is 18.1. The van der Waals surface area contributed by atoms with Gasteiger partial charge in [-0.15, -0.1) is 5.10 Å². The van der Waals surface area contributed by atoms with Gasteiger partial charge in [0.05, 0.1) is 18.8 Å². The van der Waals surface area contributed by atoms with Crippen molar-refractivity contribution in [3.63, 3.8) is 0 Å². The molecule has 1 fully saturated rings. The van der Waals surface area contributed by atoms with E-state index in [-0.39, 0.29) is 11.9 Å². The van der Waals surface area contributed by atoms with Crippen molar-refractivity contribution >= 4 is 5.91 Å². The van der Waals surface area contributed by atoms with E-state index in [2.05, 4.69) is 15.3 Å². The number of hydrogen-bond acceptors (Lipinski definition) is 5. The third-order valence-electron chi connectivity index (χ3n) is 4.42. The maximum Gasteiger partial charge on any atom is 0.254 e. The van der Waals surface area contributed by atoms with E-state index in [0.717, 1.165) is 17.0 Å². The Labute approximate surface area is 151 Å². The third-order valence-corrected chi connectivity index (χ3v) is 4.42. The monoisotopic (exact) mass is 349 g/mol. The van der Waals surface area contributed by atoms with Crippen LogP contribution >= 0.6 is 0 Å². The van der Waals surface area contributed by atoms with Crippen molar-refractivity contribution in [2.45, 2.75) is 13.0 Å². The molecule has 1 aliphatic heterocycles. The van der Waals surface area contributed by atoms with Crippen LogP contribution in [0.1, 0.15) is 23.3 Å². The van der Waals surface area contributed by atoms with Gasteiger partial charge in [-0.2, -0.15) is 0 Å². The van der Waals surface area contributed by atoms with Gasteiger partial charge in [0.25, 0.3) is 5.91 Å². The maximum absolute atomic E-state index is 12.4. The number of amides is 1. The zero-order valence-electron chi connectivity index (χ0n) is 14.4. The van der Waals surface area contributed by atoms with Gasteiger partial charge in [-0.1, -0.05) is 5.21 Å². The van der Waals surface area contributed by atoms with Crippen molar-refractivity contribution in [3.8, 4) is 17.0 Å². The number of rotatable bonds is 5. The van der Waals surface area contributed by atoms with Gasteiger partial charge in [-0.25, -0.2) is 4.68 Å². The van der Waals surface area contributed by atoms with Crippen molar-refractivity contribution in [1.29, 1.82) is 0 Å². The van der Waals surface area contributed by atoms with Gasteiger partial charge >= 0.3 is 0 Å². The Morgan fingerprint density at radius 1 is 1.15 bits per heavy atom. The van der Waals surface area contributed by atoms with Crippen LogP contribution in [0.5, 0.6) is 5.75 Å². The van der Waals surface area contributed by atoms with Crippen molar-refractivity contribution in [3.05, 3.63) is 60.6 Å². The van der Waals surface area contributed by atoms with Crippen molar-refractivity contribution in [1.82, 2.24) is 24.9 Å². The summed E-state index contributed by atoms with van der Waals surface area (Å²) in [5.74, 6) is 0.864. The second-order valence-corrected chi connectivity index (χ2v) is 6.14. The fourth-order valence-electron chi connectivity index (χ4n) is 2.94. The average Bonchev–Trinajstić information content (AvgIpc) is 3.12. The smallest absolute Gasteiger partial charge is 0.254 e. The average molecular weight is 349 g/mol. The molecule has 3 aromatic rings. The predicted molar refractivity (Wildman–Crippen MR) is 95.8 cm³/mol. The van der Waals surface area contributed by atoms with Crippen LogP contribution in [0.2, 0.25) is 0 Å². The van der Waals surface area contributed by atoms with Gasteiger partial charge in [-0.05, 0) is 43.3 Å². The SMILES string of the molecule is CCOc1ccc(-c2cn(C3CN(C(=O)c4ccncc4)C3)nn2)cc1. The van der Waals surface area contributed by atoms with E-state index in [9.17, 15) is 4.79 Å². The highest BCUT2D eigenvalue weighted by Crippen LogP contribution is 2.25. The number of carbonyl (C=O) groups is 1. The Morgan fingerprint density at radius 2 is 1.88 bits per heavy atom. The van der Waals surface area contributed by atoms with Crippen LogP contribution in [0, 0.1) is 0 Å². The maximum atomic E-state index is 12.4. The Kier molecular flexibility index (Phi) is 4.35. The highest BCUT2D eigenvalue weighted by atomic mass is 16.5. The van der Waals surface area contributed by atoms with E-state index in [1.54, 1.807) is 29.4 Å². The number of benzene rings is 1. The Balaban J connectivity index is 1.39. The van der Waals surface area contributed by atoms with Gasteiger partial charge in [-0.3, -0.25) is 9.78 Å². The minimum absolute atomic E-state index is 0.0236. The highest BCUT2D eigenvalue weighted by Gasteiger charge is 2.33. The third kappa shape index (κ3) is 3.15. The number of likely N-dealkylation sites (tertiary alicyclic amines) is 1. The zero-order chi connectivity index (χ0) is 17.9. The minimum atomic E-state index is 0.0236. The van der Waals surface area contributed by atoms with E-state index in [1.807, 2.05) is 42.1 Å². The van der Waals surface area contributed by atoms with Gasteiger partial charge in [0.2, 0.25) is 0 Å². The van der Waals surface area contributed by atoms with Gasteiger partial charge < -0.3 is 9.64 Å². The Bertz CT molecular complexity index is 886. The molecule has 0 bridgehead atoms. The minimum Gasteiger partial charge on any atom is -0.494 e. The molecule has 0 spiro atoms. The van der Waals surface area contributed by atoms with Gasteiger partial charge in [0.15, 0.2) is 0 Å². The highest BCUT2D eigenvalue weighted by molar-refractivity contribution is 5.94. The molecule has 0 N–H and O–H groups in total. The molecule has 26 heavy (non-hydrogen) atoms. The normalized spacial score (nSPS) is 14.1. The topological polar surface area (TPSA) is 73.1 Å². The summed E-state index contributed by atoms with van der Waals surface area (Å²) in [5, 5.41) is 8.48. The van der Waals surface area contributed by atoms with E-state index < -0.39 is 0 Å². The van der Waals surface area contributed by atoms with Crippen LogP contribution in [0.4, 0.5) is 0 Å². The molecular formula is C19H19N5O2. The fourth-order valence-corrected chi connectivity index (χ4v) is 2.94. The molecule has 0 radical (unpaired) electrons. The lowest BCUT2D eigenvalue weighted by molar-refractivity contribution is 0.0498. The molecule has 0 unspecified atom stereocenters. The molecule has 2 aromatic heterocycles. The summed E-state index contributed by atoms with van der Waals surface area (Å²) in [6.45, 7) is 3.87. The first-order valence-corrected chi connectivity index (χ1v) is 8.59. The molecule has 4 rings (SSSR count). The van der Waals surface area contributed by atoms with E-state index >= 15 is 0 Å². The second-order valence-electron chi connectivity index (χ2n) is 6.14. The quantitative estimate of drug-likeness (QED) is 0.707. The van der Waals surface area contributed by atoms with Crippen LogP contribution in [0.25, 0.3) is 11.3 Å². The summed E-state index contributed by atoms with van der Waals surface area (Å²) < 4.78 is 7.29. The van der Waals surface area contributed by atoms with Crippen LogP contribution in [-0.4, -0.2) is 50.5 Å². The number of carbonyl (C=O) groups excluding carboxylic acids is 1. The molecule has 132 valence electrons. The summed E-state index contributed by atoms with van der Waals surface area (Å²) in [6, 6.07) is 11.4. The molecule has 7 heteroatoms. The van der Waals surface area contributed by atoms with Crippen LogP contribution in [0.15, 0.2) is 55.0 Å². The number of nitrogens with zero attached hydrogens (tertiary/aromatic N) is 5. The predicted octanol–water partition coefficient (Wildman–Crippen LogP) is 2.44. The lowest BCUT2D eigenvalue weighted by Crippen LogP contribution is -2.50. The Morgan fingerprint density at radius 3 is 2.58 bits per heavy atom. The van der Waals surface area contributed by atoms with Crippen molar-refractivity contribution in [2.75, 3.05) is 19.7 Å². The number of ether oxygens (including phenoxy) is 1. The molecule has 1 saturated heterocycles. The number of aromatic nitrogens is 4.